The summed E-state index contributed by atoms with van der Waals surface area (Å²) in [5, 5.41) is 3.86. The Balaban J connectivity index is 1.72. The van der Waals surface area contributed by atoms with Crippen molar-refractivity contribution in [3.8, 4) is 0 Å². The van der Waals surface area contributed by atoms with Gasteiger partial charge in [-0.3, -0.25) is 9.59 Å². The second-order valence-electron chi connectivity index (χ2n) is 6.00. The number of hydrogen-bond acceptors (Lipinski definition) is 3. The van der Waals surface area contributed by atoms with Crippen molar-refractivity contribution in [3.63, 3.8) is 0 Å². The van der Waals surface area contributed by atoms with E-state index in [0.717, 1.165) is 6.54 Å². The van der Waals surface area contributed by atoms with Crippen molar-refractivity contribution >= 4 is 29.1 Å². The van der Waals surface area contributed by atoms with Crippen molar-refractivity contribution in [2.45, 2.75) is 19.4 Å². The smallest absolute Gasteiger partial charge is 0.228 e. The van der Waals surface area contributed by atoms with Crippen LogP contribution in [0.15, 0.2) is 24.3 Å². The van der Waals surface area contributed by atoms with E-state index in [0.29, 0.717) is 36.4 Å². The fraction of sp³-hybridized carbons (Fsp3) is 0.500. The van der Waals surface area contributed by atoms with Gasteiger partial charge in [0.15, 0.2) is 0 Å². The third-order valence-corrected chi connectivity index (χ3v) is 4.62. The van der Waals surface area contributed by atoms with Gasteiger partial charge in [-0.15, -0.1) is 0 Å². The summed E-state index contributed by atoms with van der Waals surface area (Å²) in [6.07, 6.45) is 0.266. The maximum atomic E-state index is 12.6. The van der Waals surface area contributed by atoms with E-state index in [9.17, 15) is 9.59 Å². The van der Waals surface area contributed by atoms with Crippen LogP contribution < -0.4 is 10.2 Å². The predicted octanol–water partition coefficient (Wildman–Crippen LogP) is 1.51. The molecule has 22 heavy (non-hydrogen) atoms. The van der Waals surface area contributed by atoms with Crippen LogP contribution in [0.4, 0.5) is 5.69 Å². The summed E-state index contributed by atoms with van der Waals surface area (Å²) in [4.78, 5) is 28.4. The first-order chi connectivity index (χ1) is 10.6. The molecule has 6 heteroatoms. The Morgan fingerprint density at radius 2 is 2.09 bits per heavy atom. The lowest BCUT2D eigenvalue weighted by Gasteiger charge is -2.33. The van der Waals surface area contributed by atoms with E-state index in [4.69, 9.17) is 11.6 Å². The number of halogens is 1. The first kappa shape index (κ1) is 15.3. The van der Waals surface area contributed by atoms with Crippen LogP contribution >= 0.6 is 11.6 Å². The quantitative estimate of drug-likeness (QED) is 0.898. The molecule has 1 aromatic carbocycles. The number of rotatable bonds is 2. The molecule has 0 bridgehead atoms. The van der Waals surface area contributed by atoms with E-state index < -0.39 is 0 Å². The molecular formula is C16H20ClN3O2. The molecule has 118 valence electrons. The van der Waals surface area contributed by atoms with Crippen molar-refractivity contribution in [2.24, 2.45) is 5.92 Å². The maximum Gasteiger partial charge on any atom is 0.228 e. The van der Waals surface area contributed by atoms with Gasteiger partial charge >= 0.3 is 0 Å². The summed E-state index contributed by atoms with van der Waals surface area (Å²) in [5.41, 5.74) is 0.693. The third kappa shape index (κ3) is 2.96. The fourth-order valence-electron chi connectivity index (χ4n) is 3.17. The summed E-state index contributed by atoms with van der Waals surface area (Å²) in [5.74, 6) is -0.222. The standard InChI is InChI=1S/C16H20ClN3O2/c1-11-9-19(7-6-18-11)16(22)12-8-15(21)20(10-12)14-5-3-2-4-13(14)17/h2-5,11-12,18H,6-10H2,1H3. The van der Waals surface area contributed by atoms with Gasteiger partial charge in [-0.2, -0.15) is 0 Å². The van der Waals surface area contributed by atoms with Gasteiger partial charge in [-0.05, 0) is 19.1 Å². The summed E-state index contributed by atoms with van der Waals surface area (Å²) in [6.45, 7) is 4.70. The Hall–Kier alpha value is -1.59. The Labute approximate surface area is 135 Å². The number of anilines is 1. The Morgan fingerprint density at radius 1 is 1.32 bits per heavy atom. The van der Waals surface area contributed by atoms with Crippen LogP contribution in [0.25, 0.3) is 0 Å². The summed E-state index contributed by atoms with van der Waals surface area (Å²) in [6, 6.07) is 7.56. The highest BCUT2D eigenvalue weighted by atomic mass is 35.5. The molecule has 0 aliphatic carbocycles. The first-order valence-electron chi connectivity index (χ1n) is 7.63. The van der Waals surface area contributed by atoms with Gasteiger partial charge < -0.3 is 15.1 Å². The van der Waals surface area contributed by atoms with Crippen molar-refractivity contribution in [2.75, 3.05) is 31.1 Å². The summed E-state index contributed by atoms with van der Waals surface area (Å²) in [7, 11) is 0. The van der Waals surface area contributed by atoms with Crippen LogP contribution in [0.5, 0.6) is 0 Å². The average molecular weight is 322 g/mol. The lowest BCUT2D eigenvalue weighted by molar-refractivity contribution is -0.136. The number of carbonyl (C=O) groups excluding carboxylic acids is 2. The minimum atomic E-state index is -0.269. The molecule has 3 rings (SSSR count). The van der Waals surface area contributed by atoms with Crippen LogP contribution in [0.1, 0.15) is 13.3 Å². The van der Waals surface area contributed by atoms with Crippen LogP contribution in [-0.2, 0) is 9.59 Å². The number of nitrogens with one attached hydrogen (secondary N) is 1. The van der Waals surface area contributed by atoms with Gasteiger partial charge in [-0.1, -0.05) is 23.7 Å². The van der Waals surface area contributed by atoms with Crippen molar-refractivity contribution in [1.82, 2.24) is 10.2 Å². The first-order valence-corrected chi connectivity index (χ1v) is 8.01. The van der Waals surface area contributed by atoms with E-state index in [2.05, 4.69) is 12.2 Å². The van der Waals surface area contributed by atoms with Gasteiger partial charge in [0, 0.05) is 38.6 Å². The second-order valence-corrected chi connectivity index (χ2v) is 6.40. The average Bonchev–Trinajstić information content (AvgIpc) is 2.89. The van der Waals surface area contributed by atoms with E-state index >= 15 is 0 Å². The largest absolute Gasteiger partial charge is 0.340 e. The molecule has 5 nitrogen and oxygen atoms in total. The molecule has 0 radical (unpaired) electrons. The molecule has 0 aromatic heterocycles. The maximum absolute atomic E-state index is 12.6. The van der Waals surface area contributed by atoms with Crippen LogP contribution in [0.2, 0.25) is 5.02 Å². The molecular weight excluding hydrogens is 302 g/mol. The number of hydrogen-bond donors (Lipinski definition) is 1. The highest BCUT2D eigenvalue weighted by Gasteiger charge is 2.38. The van der Waals surface area contributed by atoms with E-state index in [-0.39, 0.29) is 24.2 Å². The normalized spacial score (nSPS) is 25.6. The SMILES string of the molecule is CC1CN(C(=O)C2CC(=O)N(c3ccccc3Cl)C2)CCN1. The monoisotopic (exact) mass is 321 g/mol. The zero-order chi connectivity index (χ0) is 15.7. The van der Waals surface area contributed by atoms with Crippen molar-refractivity contribution < 1.29 is 9.59 Å². The zero-order valence-corrected chi connectivity index (χ0v) is 13.3. The molecule has 2 atom stereocenters. The molecule has 2 fully saturated rings. The van der Waals surface area contributed by atoms with Gasteiger partial charge in [0.05, 0.1) is 16.6 Å². The van der Waals surface area contributed by atoms with Gasteiger partial charge in [0.2, 0.25) is 11.8 Å². The molecule has 0 spiro atoms. The molecule has 1 N–H and O–H groups in total. The summed E-state index contributed by atoms with van der Waals surface area (Å²) >= 11 is 6.17. The molecule has 2 heterocycles. The van der Waals surface area contributed by atoms with Gasteiger partial charge in [0.25, 0.3) is 0 Å². The zero-order valence-electron chi connectivity index (χ0n) is 12.6. The Morgan fingerprint density at radius 3 is 2.82 bits per heavy atom. The van der Waals surface area contributed by atoms with Crippen molar-refractivity contribution in [3.05, 3.63) is 29.3 Å². The number of amides is 2. The van der Waals surface area contributed by atoms with Crippen molar-refractivity contribution in [1.29, 1.82) is 0 Å². The Kier molecular flexibility index (Phi) is 4.36. The molecule has 2 aliphatic heterocycles. The predicted molar refractivity (Wildman–Crippen MR) is 86.0 cm³/mol. The lowest BCUT2D eigenvalue weighted by atomic mass is 10.1. The molecule has 2 unspecified atom stereocenters. The van der Waals surface area contributed by atoms with E-state index in [1.54, 1.807) is 11.0 Å². The third-order valence-electron chi connectivity index (χ3n) is 4.30. The lowest BCUT2D eigenvalue weighted by Crippen LogP contribution is -2.53. The molecule has 2 amide bonds. The van der Waals surface area contributed by atoms with Gasteiger partial charge in [0.1, 0.15) is 0 Å². The highest BCUT2D eigenvalue weighted by molar-refractivity contribution is 6.33. The molecule has 2 aliphatic rings. The van der Waals surface area contributed by atoms with Crippen LogP contribution in [0.3, 0.4) is 0 Å². The number of nitrogens with zero attached hydrogens (tertiary/aromatic N) is 2. The van der Waals surface area contributed by atoms with E-state index in [1.165, 1.54) is 0 Å². The molecule has 0 saturated carbocycles. The van der Waals surface area contributed by atoms with Crippen LogP contribution in [-0.4, -0.2) is 48.9 Å². The minimum absolute atomic E-state index is 0.0327. The topological polar surface area (TPSA) is 52.7 Å². The number of para-hydroxylation sites is 1. The minimum Gasteiger partial charge on any atom is -0.340 e. The second kappa shape index (κ2) is 6.26. The van der Waals surface area contributed by atoms with Crippen LogP contribution in [0, 0.1) is 5.92 Å². The number of benzene rings is 1. The fourth-order valence-corrected chi connectivity index (χ4v) is 3.40. The molecule has 1 aromatic rings. The van der Waals surface area contributed by atoms with Gasteiger partial charge in [-0.25, -0.2) is 0 Å². The number of carbonyl (C=O) groups is 2. The van der Waals surface area contributed by atoms with E-state index in [1.807, 2.05) is 23.1 Å². The summed E-state index contributed by atoms with van der Waals surface area (Å²) < 4.78 is 0. The highest BCUT2D eigenvalue weighted by Crippen LogP contribution is 2.31. The molecule has 2 saturated heterocycles. The Bertz CT molecular complexity index is 593. The number of piperazine rings is 1.